The lowest BCUT2D eigenvalue weighted by molar-refractivity contribution is 0.0600. The molecule has 1 aromatic carbocycles. The van der Waals surface area contributed by atoms with Gasteiger partial charge in [-0.25, -0.2) is 13.2 Å². The Morgan fingerprint density at radius 1 is 1.40 bits per heavy atom. The molecule has 7 heteroatoms. The van der Waals surface area contributed by atoms with Crippen molar-refractivity contribution >= 4 is 21.7 Å². The Bertz CT molecular complexity index is 596. The molecule has 0 aromatic heterocycles. The van der Waals surface area contributed by atoms with E-state index in [4.69, 9.17) is 5.73 Å². The number of rotatable bonds is 5. The van der Waals surface area contributed by atoms with Gasteiger partial charge >= 0.3 is 5.97 Å². The highest BCUT2D eigenvalue weighted by Gasteiger charge is 2.27. The molecule has 1 aromatic rings. The van der Waals surface area contributed by atoms with Gasteiger partial charge in [0, 0.05) is 12.6 Å². The third kappa shape index (κ3) is 3.10. The summed E-state index contributed by atoms with van der Waals surface area (Å²) in [6.45, 7) is 5.69. The maximum atomic E-state index is 12.5. The second-order valence-electron chi connectivity index (χ2n) is 4.55. The summed E-state index contributed by atoms with van der Waals surface area (Å²) in [5.41, 5.74) is 6.03. The lowest BCUT2D eigenvalue weighted by Crippen LogP contribution is -2.37. The van der Waals surface area contributed by atoms with Gasteiger partial charge in [0.1, 0.15) is 4.90 Å². The van der Waals surface area contributed by atoms with Crippen LogP contribution in [0.25, 0.3) is 0 Å². The third-order valence-corrected chi connectivity index (χ3v) is 5.13. The number of anilines is 1. The molecule has 0 atom stereocenters. The molecule has 0 aliphatic carbocycles. The zero-order valence-electron chi connectivity index (χ0n) is 12.1. The summed E-state index contributed by atoms with van der Waals surface area (Å²) in [5.74, 6) is -0.558. The fourth-order valence-electron chi connectivity index (χ4n) is 1.97. The molecule has 0 saturated heterocycles. The standard InChI is InChI=1S/C13H20N2O4S/c1-5-15(9(2)3)20(17,18)12-7-6-10(8-11(12)14)13(16)19-4/h6-9H,5,14H2,1-4H3. The number of ether oxygens (including phenoxy) is 1. The molecule has 0 radical (unpaired) electrons. The molecule has 0 bridgehead atoms. The van der Waals surface area contributed by atoms with Crippen LogP contribution >= 0.6 is 0 Å². The van der Waals surface area contributed by atoms with Gasteiger partial charge in [-0.3, -0.25) is 0 Å². The first-order chi connectivity index (χ1) is 9.25. The molecule has 112 valence electrons. The number of hydrogen-bond acceptors (Lipinski definition) is 5. The number of esters is 1. The molecular weight excluding hydrogens is 280 g/mol. The predicted molar refractivity (Wildman–Crippen MR) is 76.9 cm³/mol. The van der Waals surface area contributed by atoms with Crippen molar-refractivity contribution in [3.05, 3.63) is 23.8 Å². The number of nitrogen functional groups attached to an aromatic ring is 1. The highest BCUT2D eigenvalue weighted by molar-refractivity contribution is 7.89. The lowest BCUT2D eigenvalue weighted by Gasteiger charge is -2.25. The summed E-state index contributed by atoms with van der Waals surface area (Å²) in [4.78, 5) is 11.4. The van der Waals surface area contributed by atoms with Crippen LogP contribution in [0.3, 0.4) is 0 Å². The Morgan fingerprint density at radius 3 is 2.40 bits per heavy atom. The van der Waals surface area contributed by atoms with Crippen LogP contribution in [0.5, 0.6) is 0 Å². The number of hydrogen-bond donors (Lipinski definition) is 1. The summed E-state index contributed by atoms with van der Waals surface area (Å²) < 4.78 is 30.9. The van der Waals surface area contributed by atoms with Crippen molar-refractivity contribution in [3.8, 4) is 0 Å². The average Bonchev–Trinajstić information content (AvgIpc) is 2.37. The second-order valence-corrected chi connectivity index (χ2v) is 6.41. The van der Waals surface area contributed by atoms with Gasteiger partial charge in [-0.15, -0.1) is 0 Å². The van der Waals surface area contributed by atoms with Crippen molar-refractivity contribution in [2.45, 2.75) is 31.7 Å². The number of sulfonamides is 1. The molecule has 0 fully saturated rings. The fourth-order valence-corrected chi connectivity index (χ4v) is 3.71. The van der Waals surface area contributed by atoms with Gasteiger partial charge < -0.3 is 10.5 Å². The van der Waals surface area contributed by atoms with Crippen molar-refractivity contribution in [1.29, 1.82) is 0 Å². The van der Waals surface area contributed by atoms with E-state index >= 15 is 0 Å². The maximum absolute atomic E-state index is 12.5. The monoisotopic (exact) mass is 300 g/mol. The summed E-state index contributed by atoms with van der Waals surface area (Å²) in [6, 6.07) is 3.86. The van der Waals surface area contributed by atoms with Gasteiger partial charge in [0.15, 0.2) is 0 Å². The van der Waals surface area contributed by atoms with E-state index in [2.05, 4.69) is 4.74 Å². The van der Waals surface area contributed by atoms with Crippen LogP contribution < -0.4 is 5.73 Å². The first-order valence-corrected chi connectivity index (χ1v) is 7.69. The van der Waals surface area contributed by atoms with Gasteiger partial charge in [0.25, 0.3) is 0 Å². The molecule has 2 N–H and O–H groups in total. The van der Waals surface area contributed by atoms with Crippen LogP contribution in [0.15, 0.2) is 23.1 Å². The fraction of sp³-hybridized carbons (Fsp3) is 0.462. The van der Waals surface area contributed by atoms with Crippen LogP contribution in [0.1, 0.15) is 31.1 Å². The quantitative estimate of drug-likeness (QED) is 0.657. The van der Waals surface area contributed by atoms with Gasteiger partial charge in [-0.1, -0.05) is 6.92 Å². The van der Waals surface area contributed by atoms with E-state index in [9.17, 15) is 13.2 Å². The Balaban J connectivity index is 3.30. The normalized spacial score (nSPS) is 11.9. The summed E-state index contributed by atoms with van der Waals surface area (Å²) in [5, 5.41) is 0. The lowest BCUT2D eigenvalue weighted by atomic mass is 10.2. The Hall–Kier alpha value is -1.60. The first kappa shape index (κ1) is 16.5. The molecule has 0 aliphatic heterocycles. The number of carbonyl (C=O) groups is 1. The Morgan fingerprint density at radius 2 is 2.00 bits per heavy atom. The van der Waals surface area contributed by atoms with Crippen molar-refractivity contribution in [1.82, 2.24) is 4.31 Å². The van der Waals surface area contributed by atoms with E-state index in [-0.39, 0.29) is 22.2 Å². The van der Waals surface area contributed by atoms with Gasteiger partial charge in [0.2, 0.25) is 10.0 Å². The number of nitrogens with two attached hydrogens (primary N) is 1. The number of nitrogens with zero attached hydrogens (tertiary/aromatic N) is 1. The van der Waals surface area contributed by atoms with Gasteiger partial charge in [0.05, 0.1) is 18.4 Å². The first-order valence-electron chi connectivity index (χ1n) is 6.25. The molecule has 20 heavy (non-hydrogen) atoms. The van der Waals surface area contributed by atoms with Crippen LogP contribution in [0.2, 0.25) is 0 Å². The zero-order valence-corrected chi connectivity index (χ0v) is 12.9. The van der Waals surface area contributed by atoms with E-state index in [1.54, 1.807) is 20.8 Å². The summed E-state index contributed by atoms with van der Waals surface area (Å²) in [7, 11) is -2.42. The largest absolute Gasteiger partial charge is 0.465 e. The molecule has 0 unspecified atom stereocenters. The number of benzene rings is 1. The molecule has 0 saturated carbocycles. The van der Waals surface area contributed by atoms with E-state index in [0.29, 0.717) is 6.54 Å². The Labute approximate surface area is 119 Å². The molecular formula is C13H20N2O4S. The highest BCUT2D eigenvalue weighted by atomic mass is 32.2. The molecule has 0 aliphatic rings. The maximum Gasteiger partial charge on any atom is 0.337 e. The SMILES string of the molecule is CCN(C(C)C)S(=O)(=O)c1ccc(C(=O)OC)cc1N. The summed E-state index contributed by atoms with van der Waals surface area (Å²) in [6.07, 6.45) is 0. The molecule has 0 heterocycles. The van der Waals surface area contributed by atoms with Gasteiger partial charge in [-0.05, 0) is 32.0 Å². The summed E-state index contributed by atoms with van der Waals surface area (Å²) >= 11 is 0. The molecule has 0 spiro atoms. The predicted octanol–water partition coefficient (Wildman–Crippen LogP) is 1.47. The molecule has 0 amide bonds. The molecule has 1 rings (SSSR count). The van der Waals surface area contributed by atoms with Crippen molar-refractivity contribution in [2.75, 3.05) is 19.4 Å². The van der Waals surface area contributed by atoms with Crippen molar-refractivity contribution < 1.29 is 17.9 Å². The van der Waals surface area contributed by atoms with E-state index in [1.165, 1.54) is 29.6 Å². The van der Waals surface area contributed by atoms with E-state index in [1.807, 2.05) is 0 Å². The third-order valence-electron chi connectivity index (χ3n) is 2.91. The van der Waals surface area contributed by atoms with Gasteiger partial charge in [-0.2, -0.15) is 4.31 Å². The van der Waals surface area contributed by atoms with E-state index < -0.39 is 16.0 Å². The topological polar surface area (TPSA) is 89.7 Å². The zero-order chi connectivity index (χ0) is 15.5. The average molecular weight is 300 g/mol. The van der Waals surface area contributed by atoms with E-state index in [0.717, 1.165) is 0 Å². The second kappa shape index (κ2) is 6.23. The smallest absolute Gasteiger partial charge is 0.337 e. The van der Waals surface area contributed by atoms with Crippen molar-refractivity contribution in [2.24, 2.45) is 0 Å². The Kier molecular flexibility index (Phi) is 5.13. The van der Waals surface area contributed by atoms with Crippen molar-refractivity contribution in [3.63, 3.8) is 0 Å². The number of methoxy groups -OCH3 is 1. The van der Waals surface area contributed by atoms with Crippen LogP contribution in [0.4, 0.5) is 5.69 Å². The van der Waals surface area contributed by atoms with Crippen LogP contribution in [-0.4, -0.2) is 38.4 Å². The minimum Gasteiger partial charge on any atom is -0.465 e. The minimum absolute atomic E-state index is 0.000651. The van der Waals surface area contributed by atoms with Crippen LogP contribution in [0, 0.1) is 0 Å². The molecule has 6 nitrogen and oxygen atoms in total. The number of carbonyl (C=O) groups excluding carboxylic acids is 1. The highest BCUT2D eigenvalue weighted by Crippen LogP contribution is 2.25. The van der Waals surface area contributed by atoms with Crippen LogP contribution in [-0.2, 0) is 14.8 Å². The minimum atomic E-state index is -3.67.